The molecule has 0 spiro atoms. The van der Waals surface area contributed by atoms with Crippen LogP contribution in [0.25, 0.3) is 0 Å². The van der Waals surface area contributed by atoms with Crippen molar-refractivity contribution in [3.63, 3.8) is 0 Å². The van der Waals surface area contributed by atoms with Gasteiger partial charge in [0.25, 0.3) is 0 Å². The highest BCUT2D eigenvalue weighted by Gasteiger charge is 2.52. The van der Waals surface area contributed by atoms with Crippen molar-refractivity contribution in [3.8, 4) is 0 Å². The quantitative estimate of drug-likeness (QED) is 0.616. The Bertz CT molecular complexity index is 328. The number of hydrogen-bond acceptors (Lipinski definition) is 3. The van der Waals surface area contributed by atoms with Gasteiger partial charge in [-0.15, -0.1) is 0 Å². The fraction of sp³-hybridized carbons (Fsp3) is 0.727. The zero-order chi connectivity index (χ0) is 11.3. The standard InChI is InChI=1S/C11H18BNO2/c1-8-9(6-7-13-8)12-14-10(2,3)11(4,5)15-12/h6H,7H2,1-5H3. The molecule has 82 valence electrons. The smallest absolute Gasteiger partial charge is 0.399 e. The molecule has 0 aromatic heterocycles. The maximum Gasteiger partial charge on any atom is 0.496 e. The third-order valence-electron chi connectivity index (χ3n) is 3.56. The summed E-state index contributed by atoms with van der Waals surface area (Å²) in [5.74, 6) is 0. The second kappa shape index (κ2) is 3.19. The van der Waals surface area contributed by atoms with Crippen molar-refractivity contribution in [2.45, 2.75) is 45.8 Å². The molecule has 0 aromatic rings. The first-order valence-corrected chi connectivity index (χ1v) is 5.41. The molecule has 2 aliphatic rings. The molecule has 0 N–H and O–H groups in total. The number of nitrogens with zero attached hydrogens (tertiary/aromatic N) is 1. The molecule has 0 aromatic carbocycles. The molecule has 0 radical (unpaired) electrons. The molecular weight excluding hydrogens is 189 g/mol. The van der Waals surface area contributed by atoms with Crippen molar-refractivity contribution in [1.82, 2.24) is 0 Å². The summed E-state index contributed by atoms with van der Waals surface area (Å²) in [7, 11) is -0.249. The van der Waals surface area contributed by atoms with E-state index in [9.17, 15) is 0 Å². The molecule has 0 amide bonds. The first kappa shape index (κ1) is 10.9. The molecule has 0 bridgehead atoms. The van der Waals surface area contributed by atoms with E-state index in [0.29, 0.717) is 0 Å². The van der Waals surface area contributed by atoms with E-state index >= 15 is 0 Å². The zero-order valence-electron chi connectivity index (χ0n) is 10.1. The number of aliphatic imine (C=N–C) groups is 1. The second-order valence-corrected chi connectivity index (χ2v) is 5.17. The van der Waals surface area contributed by atoms with Crippen LogP contribution in [0.15, 0.2) is 16.5 Å². The average Bonchev–Trinajstić information content (AvgIpc) is 2.55. The Morgan fingerprint density at radius 2 is 1.73 bits per heavy atom. The Kier molecular flexibility index (Phi) is 2.32. The van der Waals surface area contributed by atoms with Crippen LogP contribution in [-0.2, 0) is 9.31 Å². The SMILES string of the molecule is CC1=NCC=C1B1OC(C)(C)C(C)(C)O1. The predicted octanol–water partition coefficient (Wildman–Crippen LogP) is 2.02. The molecular formula is C11H18BNO2. The van der Waals surface area contributed by atoms with Crippen molar-refractivity contribution in [3.05, 3.63) is 11.5 Å². The van der Waals surface area contributed by atoms with E-state index in [1.807, 2.05) is 6.92 Å². The van der Waals surface area contributed by atoms with Gasteiger partial charge in [-0.1, -0.05) is 6.08 Å². The Hall–Kier alpha value is -0.605. The highest BCUT2D eigenvalue weighted by Crippen LogP contribution is 2.39. The van der Waals surface area contributed by atoms with E-state index in [1.54, 1.807) is 0 Å². The van der Waals surface area contributed by atoms with Crippen LogP contribution in [-0.4, -0.2) is 30.6 Å². The topological polar surface area (TPSA) is 30.8 Å². The molecule has 15 heavy (non-hydrogen) atoms. The lowest BCUT2D eigenvalue weighted by Crippen LogP contribution is -2.41. The van der Waals surface area contributed by atoms with Crippen molar-refractivity contribution in [2.24, 2.45) is 4.99 Å². The van der Waals surface area contributed by atoms with Gasteiger partial charge in [0, 0.05) is 11.2 Å². The van der Waals surface area contributed by atoms with Crippen LogP contribution in [0, 0.1) is 0 Å². The highest BCUT2D eigenvalue weighted by molar-refractivity contribution is 6.62. The monoisotopic (exact) mass is 207 g/mol. The molecule has 0 saturated carbocycles. The van der Waals surface area contributed by atoms with E-state index in [-0.39, 0.29) is 18.3 Å². The van der Waals surface area contributed by atoms with Crippen LogP contribution < -0.4 is 0 Å². The first-order valence-electron chi connectivity index (χ1n) is 5.41. The summed E-state index contributed by atoms with van der Waals surface area (Å²) in [6.07, 6.45) is 2.08. The third kappa shape index (κ3) is 1.66. The van der Waals surface area contributed by atoms with Gasteiger partial charge in [0.05, 0.1) is 17.7 Å². The van der Waals surface area contributed by atoms with E-state index in [2.05, 4.69) is 38.8 Å². The third-order valence-corrected chi connectivity index (χ3v) is 3.56. The van der Waals surface area contributed by atoms with E-state index in [1.165, 1.54) is 0 Å². The molecule has 0 unspecified atom stereocenters. The van der Waals surface area contributed by atoms with Gasteiger partial charge in [-0.25, -0.2) is 0 Å². The van der Waals surface area contributed by atoms with Crippen LogP contribution >= 0.6 is 0 Å². The van der Waals surface area contributed by atoms with Gasteiger partial charge in [0.2, 0.25) is 0 Å². The second-order valence-electron chi connectivity index (χ2n) is 5.17. The Labute approximate surface area is 91.7 Å². The molecule has 4 heteroatoms. The number of allylic oxidation sites excluding steroid dienone is 1. The van der Waals surface area contributed by atoms with Gasteiger partial charge >= 0.3 is 7.12 Å². The van der Waals surface area contributed by atoms with Crippen LogP contribution in [0.2, 0.25) is 0 Å². The fourth-order valence-corrected chi connectivity index (χ4v) is 1.76. The molecule has 1 saturated heterocycles. The minimum Gasteiger partial charge on any atom is -0.399 e. The van der Waals surface area contributed by atoms with Gasteiger partial charge in [0.15, 0.2) is 0 Å². The maximum atomic E-state index is 5.95. The van der Waals surface area contributed by atoms with Crippen molar-refractivity contribution >= 4 is 12.8 Å². The van der Waals surface area contributed by atoms with Gasteiger partial charge in [-0.05, 0) is 34.6 Å². The molecule has 3 nitrogen and oxygen atoms in total. The minimum absolute atomic E-state index is 0.249. The van der Waals surface area contributed by atoms with Crippen molar-refractivity contribution in [2.75, 3.05) is 6.54 Å². The van der Waals surface area contributed by atoms with Crippen molar-refractivity contribution < 1.29 is 9.31 Å². The predicted molar refractivity (Wildman–Crippen MR) is 62.1 cm³/mol. The summed E-state index contributed by atoms with van der Waals surface area (Å²) < 4.78 is 11.9. The molecule has 0 atom stereocenters. The van der Waals surface area contributed by atoms with Crippen LogP contribution in [0.4, 0.5) is 0 Å². The van der Waals surface area contributed by atoms with E-state index in [4.69, 9.17) is 9.31 Å². The maximum absolute atomic E-state index is 5.95. The van der Waals surface area contributed by atoms with Gasteiger partial charge in [-0.3, -0.25) is 4.99 Å². The van der Waals surface area contributed by atoms with Crippen LogP contribution in [0.3, 0.4) is 0 Å². The van der Waals surface area contributed by atoms with E-state index < -0.39 is 0 Å². The number of hydrogen-bond donors (Lipinski definition) is 0. The summed E-state index contributed by atoms with van der Waals surface area (Å²) in [5, 5.41) is 0. The summed E-state index contributed by atoms with van der Waals surface area (Å²) >= 11 is 0. The average molecular weight is 207 g/mol. The first-order chi connectivity index (χ1) is 6.83. The lowest BCUT2D eigenvalue weighted by molar-refractivity contribution is 0.00578. The van der Waals surface area contributed by atoms with Crippen LogP contribution in [0.5, 0.6) is 0 Å². The van der Waals surface area contributed by atoms with E-state index in [0.717, 1.165) is 17.7 Å². The summed E-state index contributed by atoms with van der Waals surface area (Å²) in [6.45, 7) is 11.0. The summed E-state index contributed by atoms with van der Waals surface area (Å²) in [5.41, 5.74) is 1.60. The number of rotatable bonds is 1. The molecule has 2 rings (SSSR count). The Morgan fingerprint density at radius 1 is 1.20 bits per heavy atom. The van der Waals surface area contributed by atoms with Crippen molar-refractivity contribution in [1.29, 1.82) is 0 Å². The molecule has 2 aliphatic heterocycles. The van der Waals surface area contributed by atoms with Gasteiger partial charge < -0.3 is 9.31 Å². The minimum atomic E-state index is -0.263. The summed E-state index contributed by atoms with van der Waals surface area (Å²) in [6, 6.07) is 0. The lowest BCUT2D eigenvalue weighted by Gasteiger charge is -2.32. The van der Waals surface area contributed by atoms with Crippen LogP contribution in [0.1, 0.15) is 34.6 Å². The largest absolute Gasteiger partial charge is 0.496 e. The fourth-order valence-electron chi connectivity index (χ4n) is 1.76. The highest BCUT2D eigenvalue weighted by atomic mass is 16.7. The molecule has 2 heterocycles. The molecule has 0 aliphatic carbocycles. The van der Waals surface area contributed by atoms with Gasteiger partial charge in [0.1, 0.15) is 0 Å². The normalized spacial score (nSPS) is 27.9. The zero-order valence-corrected chi connectivity index (χ0v) is 10.1. The molecule has 1 fully saturated rings. The Morgan fingerprint density at radius 3 is 2.13 bits per heavy atom. The Balaban J connectivity index is 2.20. The van der Waals surface area contributed by atoms with Gasteiger partial charge in [-0.2, -0.15) is 0 Å². The summed E-state index contributed by atoms with van der Waals surface area (Å²) in [4.78, 5) is 4.32. The lowest BCUT2D eigenvalue weighted by atomic mass is 9.76.